The molecule has 31 heavy (non-hydrogen) atoms. The van der Waals surface area contributed by atoms with E-state index >= 15 is 0 Å². The molecule has 5 heterocycles. The highest BCUT2D eigenvalue weighted by molar-refractivity contribution is 5.65. The number of anilines is 3. The smallest absolute Gasteiger partial charge is 0.229 e. The highest BCUT2D eigenvalue weighted by Gasteiger charge is 2.25. The van der Waals surface area contributed by atoms with Crippen LogP contribution in [0.15, 0.2) is 30.7 Å². The van der Waals surface area contributed by atoms with Crippen molar-refractivity contribution >= 4 is 17.5 Å². The molecule has 2 aliphatic heterocycles. The second-order valence-corrected chi connectivity index (χ2v) is 8.42. The van der Waals surface area contributed by atoms with Gasteiger partial charge in [-0.25, -0.2) is 19.3 Å². The highest BCUT2D eigenvalue weighted by Crippen LogP contribution is 2.35. The van der Waals surface area contributed by atoms with E-state index in [4.69, 9.17) is 0 Å². The molecule has 8 nitrogen and oxygen atoms in total. The molecule has 0 unspecified atom stereocenters. The highest BCUT2D eigenvalue weighted by atomic mass is 19.1. The molecular formula is C22H27FN8. The fourth-order valence-corrected chi connectivity index (χ4v) is 4.40. The molecule has 1 saturated heterocycles. The fourth-order valence-electron chi connectivity index (χ4n) is 4.40. The van der Waals surface area contributed by atoms with Crippen LogP contribution >= 0.6 is 0 Å². The number of hydrogen-bond donors (Lipinski definition) is 1. The van der Waals surface area contributed by atoms with Crippen LogP contribution < -0.4 is 10.2 Å². The number of nitrogens with zero attached hydrogens (tertiary/aromatic N) is 7. The summed E-state index contributed by atoms with van der Waals surface area (Å²) in [5, 5.41) is 7.55. The first-order valence-electron chi connectivity index (χ1n) is 10.8. The van der Waals surface area contributed by atoms with Crippen LogP contribution in [0.5, 0.6) is 0 Å². The Balaban J connectivity index is 1.36. The van der Waals surface area contributed by atoms with Gasteiger partial charge in [0.1, 0.15) is 11.5 Å². The van der Waals surface area contributed by atoms with Crippen LogP contribution in [0.3, 0.4) is 0 Å². The number of likely N-dealkylation sites (N-methyl/N-ethyl adjacent to an activating group) is 1. The second-order valence-electron chi connectivity index (χ2n) is 8.42. The van der Waals surface area contributed by atoms with E-state index in [9.17, 15) is 4.39 Å². The van der Waals surface area contributed by atoms with Crippen molar-refractivity contribution in [1.29, 1.82) is 0 Å². The van der Waals surface area contributed by atoms with Crippen molar-refractivity contribution in [2.75, 3.05) is 43.4 Å². The number of aryl methyl sites for hydroxylation is 1. The van der Waals surface area contributed by atoms with Gasteiger partial charge in [0.05, 0.1) is 30.0 Å². The first-order chi connectivity index (χ1) is 15.1. The molecule has 0 aliphatic carbocycles. The minimum atomic E-state index is -0.447. The molecule has 2 aliphatic rings. The third kappa shape index (κ3) is 3.97. The minimum Gasteiger partial charge on any atom is -0.368 e. The maximum Gasteiger partial charge on any atom is 0.229 e. The largest absolute Gasteiger partial charge is 0.368 e. The molecule has 0 saturated carbocycles. The van der Waals surface area contributed by atoms with Crippen molar-refractivity contribution in [3.63, 3.8) is 0 Å². The van der Waals surface area contributed by atoms with Gasteiger partial charge in [-0.15, -0.1) is 0 Å². The number of fused-ring (bicyclic) bond motifs is 1. The van der Waals surface area contributed by atoms with Gasteiger partial charge in [-0.05, 0) is 37.9 Å². The summed E-state index contributed by atoms with van der Waals surface area (Å²) < 4.78 is 16.6. The van der Waals surface area contributed by atoms with E-state index in [-0.39, 0.29) is 5.69 Å². The summed E-state index contributed by atoms with van der Waals surface area (Å²) >= 11 is 0. The Morgan fingerprint density at radius 3 is 2.65 bits per heavy atom. The lowest BCUT2D eigenvalue weighted by atomic mass is 9.94. The van der Waals surface area contributed by atoms with Crippen LogP contribution in [0.2, 0.25) is 0 Å². The summed E-state index contributed by atoms with van der Waals surface area (Å²) in [6.45, 7) is 7.09. The zero-order valence-electron chi connectivity index (χ0n) is 17.9. The number of piperazine rings is 1. The topological polar surface area (TPSA) is 75.0 Å². The maximum absolute atomic E-state index is 14.6. The lowest BCUT2D eigenvalue weighted by Crippen LogP contribution is -2.44. The van der Waals surface area contributed by atoms with Gasteiger partial charge in [0.15, 0.2) is 5.82 Å². The van der Waals surface area contributed by atoms with Gasteiger partial charge in [0, 0.05) is 38.3 Å². The molecule has 3 aromatic rings. The van der Waals surface area contributed by atoms with Gasteiger partial charge in [0.2, 0.25) is 5.95 Å². The SMILES string of the molecule is C[C@@H]1CCCn2ncc(-c3nc(Nc4ccc(N5CCN(C)CC5)cn4)ncc3F)c21. The van der Waals surface area contributed by atoms with Crippen molar-refractivity contribution in [2.24, 2.45) is 0 Å². The predicted molar refractivity (Wildman–Crippen MR) is 118 cm³/mol. The molecule has 162 valence electrons. The third-order valence-electron chi connectivity index (χ3n) is 6.21. The molecule has 0 spiro atoms. The van der Waals surface area contributed by atoms with E-state index < -0.39 is 5.82 Å². The second kappa shape index (κ2) is 8.22. The summed E-state index contributed by atoms with van der Waals surface area (Å²) in [4.78, 5) is 17.7. The molecule has 1 atom stereocenters. The van der Waals surface area contributed by atoms with Crippen LogP contribution in [-0.2, 0) is 6.54 Å². The zero-order chi connectivity index (χ0) is 21.4. The quantitative estimate of drug-likeness (QED) is 0.692. The van der Waals surface area contributed by atoms with E-state index in [0.717, 1.165) is 62.5 Å². The van der Waals surface area contributed by atoms with Crippen LogP contribution in [0, 0.1) is 5.82 Å². The Labute approximate surface area is 181 Å². The minimum absolute atomic E-state index is 0.279. The summed E-state index contributed by atoms with van der Waals surface area (Å²) in [5.74, 6) is 0.818. The molecule has 9 heteroatoms. The van der Waals surface area contributed by atoms with Gasteiger partial charge in [-0.2, -0.15) is 5.10 Å². The molecular weight excluding hydrogens is 395 g/mol. The summed E-state index contributed by atoms with van der Waals surface area (Å²) in [6.07, 6.45) is 6.94. The van der Waals surface area contributed by atoms with E-state index in [2.05, 4.69) is 49.1 Å². The van der Waals surface area contributed by atoms with Gasteiger partial charge < -0.3 is 15.1 Å². The number of pyridine rings is 1. The Morgan fingerprint density at radius 2 is 1.87 bits per heavy atom. The fraction of sp³-hybridized carbons (Fsp3) is 0.455. The lowest BCUT2D eigenvalue weighted by molar-refractivity contribution is 0.313. The molecule has 1 fully saturated rings. The van der Waals surface area contributed by atoms with Gasteiger partial charge >= 0.3 is 0 Å². The summed E-state index contributed by atoms with van der Waals surface area (Å²) in [5.41, 5.74) is 3.17. The van der Waals surface area contributed by atoms with Crippen LogP contribution in [0.25, 0.3) is 11.3 Å². The Kier molecular flexibility index (Phi) is 5.27. The summed E-state index contributed by atoms with van der Waals surface area (Å²) in [6, 6.07) is 3.95. The lowest BCUT2D eigenvalue weighted by Gasteiger charge is -2.33. The number of aromatic nitrogens is 5. The standard InChI is InChI=1S/C22H27FN8/c1-15-4-3-7-31-21(15)17(13-26-31)20-18(23)14-25-22(28-20)27-19-6-5-16(12-24-19)30-10-8-29(2)9-11-30/h5-6,12-15H,3-4,7-11H2,1-2H3,(H,24,25,27,28)/t15-/m1/s1. The molecule has 0 radical (unpaired) electrons. The van der Waals surface area contributed by atoms with Gasteiger partial charge in [0.25, 0.3) is 0 Å². The van der Waals surface area contributed by atoms with Gasteiger partial charge in [-0.1, -0.05) is 6.92 Å². The Hall–Kier alpha value is -3.07. The molecule has 0 amide bonds. The van der Waals surface area contributed by atoms with Crippen molar-refractivity contribution in [3.8, 4) is 11.3 Å². The average Bonchev–Trinajstić information content (AvgIpc) is 3.22. The first kappa shape index (κ1) is 19.9. The van der Waals surface area contributed by atoms with Crippen molar-refractivity contribution < 1.29 is 4.39 Å². The van der Waals surface area contributed by atoms with Crippen LogP contribution in [0.4, 0.5) is 21.8 Å². The van der Waals surface area contributed by atoms with E-state index in [1.165, 1.54) is 6.20 Å². The Morgan fingerprint density at radius 1 is 1.03 bits per heavy atom. The number of hydrogen-bond acceptors (Lipinski definition) is 7. The molecule has 5 rings (SSSR count). The van der Waals surface area contributed by atoms with E-state index in [1.807, 2.05) is 23.0 Å². The summed E-state index contributed by atoms with van der Waals surface area (Å²) in [7, 11) is 2.14. The van der Waals surface area contributed by atoms with Crippen LogP contribution in [0.1, 0.15) is 31.4 Å². The maximum atomic E-state index is 14.6. The van der Waals surface area contributed by atoms with Crippen LogP contribution in [-0.4, -0.2) is 62.9 Å². The molecule has 3 aromatic heterocycles. The monoisotopic (exact) mass is 422 g/mol. The third-order valence-corrected chi connectivity index (χ3v) is 6.21. The number of rotatable bonds is 4. The Bertz CT molecular complexity index is 1060. The average molecular weight is 423 g/mol. The van der Waals surface area contributed by atoms with Gasteiger partial charge in [-0.3, -0.25) is 4.68 Å². The molecule has 0 aromatic carbocycles. The zero-order valence-corrected chi connectivity index (χ0v) is 17.9. The number of nitrogens with one attached hydrogen (secondary N) is 1. The normalized spacial score (nSPS) is 19.3. The first-order valence-corrected chi connectivity index (χ1v) is 10.8. The van der Waals surface area contributed by atoms with E-state index in [0.29, 0.717) is 17.7 Å². The molecule has 0 bridgehead atoms. The van der Waals surface area contributed by atoms with Crippen molar-refractivity contribution in [1.82, 2.24) is 29.6 Å². The number of halogens is 1. The van der Waals surface area contributed by atoms with Crippen molar-refractivity contribution in [3.05, 3.63) is 42.2 Å². The molecule has 1 N–H and O–H groups in total. The predicted octanol–water partition coefficient (Wildman–Crippen LogP) is 3.27. The van der Waals surface area contributed by atoms with E-state index in [1.54, 1.807) is 6.20 Å². The van der Waals surface area contributed by atoms with Crippen molar-refractivity contribution in [2.45, 2.75) is 32.2 Å².